The van der Waals surface area contributed by atoms with Crippen LogP contribution in [0.2, 0.25) is 0 Å². The lowest BCUT2D eigenvalue weighted by Crippen LogP contribution is -2.63. The molecule has 2 atom stereocenters. The van der Waals surface area contributed by atoms with Crippen LogP contribution in [0.25, 0.3) is 0 Å². The number of hydrogen-bond donors (Lipinski definition) is 0. The van der Waals surface area contributed by atoms with E-state index < -0.39 is 24.1 Å². The lowest BCUT2D eigenvalue weighted by Gasteiger charge is -2.40. The van der Waals surface area contributed by atoms with Crippen molar-refractivity contribution in [3.8, 4) is 0 Å². The molecule has 0 radical (unpaired) electrons. The third-order valence-electron chi connectivity index (χ3n) is 5.56. The van der Waals surface area contributed by atoms with Crippen LogP contribution in [0.3, 0.4) is 0 Å². The molecule has 0 aliphatic carbocycles. The van der Waals surface area contributed by atoms with Crippen LogP contribution >= 0.6 is 0 Å². The van der Waals surface area contributed by atoms with Gasteiger partial charge in [-0.15, -0.1) is 0 Å². The molecule has 3 heterocycles. The van der Waals surface area contributed by atoms with Gasteiger partial charge in [-0.2, -0.15) is 0 Å². The summed E-state index contributed by atoms with van der Waals surface area (Å²) in [5, 5.41) is 0. The number of imide groups is 1. The summed E-state index contributed by atoms with van der Waals surface area (Å²) in [7, 11) is 5.63. The average molecular weight is 400 g/mol. The van der Waals surface area contributed by atoms with E-state index in [-0.39, 0.29) is 12.5 Å². The Kier molecular flexibility index (Phi) is 4.77. The minimum atomic E-state index is -0.640. The van der Waals surface area contributed by atoms with Crippen molar-refractivity contribution in [2.24, 2.45) is 4.99 Å². The van der Waals surface area contributed by atoms with E-state index in [0.29, 0.717) is 11.5 Å². The van der Waals surface area contributed by atoms with E-state index in [9.17, 15) is 14.0 Å². The Labute approximate surface area is 169 Å². The Bertz CT molecular complexity index is 914. The van der Waals surface area contributed by atoms with E-state index in [1.807, 2.05) is 32.1 Å². The van der Waals surface area contributed by atoms with Crippen LogP contribution in [0.15, 0.2) is 41.2 Å². The highest BCUT2D eigenvalue weighted by Gasteiger charge is 2.54. The van der Waals surface area contributed by atoms with Crippen molar-refractivity contribution < 1.29 is 14.0 Å². The molecule has 3 amide bonds. The van der Waals surface area contributed by atoms with E-state index in [1.165, 1.54) is 11.0 Å². The first kappa shape index (κ1) is 19.4. The summed E-state index contributed by atoms with van der Waals surface area (Å²) >= 11 is 0. The van der Waals surface area contributed by atoms with Gasteiger partial charge < -0.3 is 19.6 Å². The molecule has 3 aliphatic rings. The topological polar surface area (TPSA) is 62.7 Å². The molecule has 9 heteroatoms. The van der Waals surface area contributed by atoms with Gasteiger partial charge in [0.15, 0.2) is 12.2 Å². The zero-order valence-electron chi connectivity index (χ0n) is 17.0. The molecule has 1 aromatic carbocycles. The number of fused-ring (bicyclic) bond motifs is 3. The van der Waals surface area contributed by atoms with Gasteiger partial charge in [0.25, 0.3) is 5.91 Å². The van der Waals surface area contributed by atoms with Gasteiger partial charge in [0, 0.05) is 37.6 Å². The molecule has 29 heavy (non-hydrogen) atoms. The van der Waals surface area contributed by atoms with Gasteiger partial charge in [-0.1, -0.05) is 18.2 Å². The quantitative estimate of drug-likeness (QED) is 0.746. The molecule has 3 aliphatic heterocycles. The fraction of sp³-hybridized carbons (Fsp3) is 0.450. The fourth-order valence-corrected chi connectivity index (χ4v) is 3.92. The number of halogens is 1. The monoisotopic (exact) mass is 400 g/mol. The molecule has 1 saturated heterocycles. The smallest absolute Gasteiger partial charge is 0.313 e. The zero-order chi connectivity index (χ0) is 20.9. The number of allylic oxidation sites excluding steroid dienone is 1. The maximum absolute atomic E-state index is 14.1. The van der Waals surface area contributed by atoms with Gasteiger partial charge in [0.05, 0.1) is 6.54 Å². The molecule has 0 spiro atoms. The number of amides is 3. The second-order valence-corrected chi connectivity index (χ2v) is 7.83. The van der Waals surface area contributed by atoms with Gasteiger partial charge in [0.1, 0.15) is 5.82 Å². The second kappa shape index (κ2) is 7.14. The summed E-state index contributed by atoms with van der Waals surface area (Å²) in [6, 6.07) is 5.08. The Morgan fingerprint density at radius 3 is 2.59 bits per heavy atom. The van der Waals surface area contributed by atoms with Crippen molar-refractivity contribution >= 4 is 17.9 Å². The predicted octanol–water partition coefficient (Wildman–Crippen LogP) is 1.32. The maximum atomic E-state index is 14.1. The third kappa shape index (κ3) is 3.15. The Balaban J connectivity index is 1.61. The Morgan fingerprint density at radius 2 is 1.90 bits per heavy atom. The van der Waals surface area contributed by atoms with Crippen molar-refractivity contribution in [3.63, 3.8) is 0 Å². The van der Waals surface area contributed by atoms with Crippen molar-refractivity contribution in [1.82, 2.24) is 24.5 Å². The molecule has 4 rings (SSSR count). The van der Waals surface area contributed by atoms with Crippen LogP contribution in [0.5, 0.6) is 0 Å². The summed E-state index contributed by atoms with van der Waals surface area (Å²) in [5.74, 6) is -0.119. The minimum absolute atomic E-state index is 0.103. The number of nitrogens with zero attached hydrogens (tertiary/aromatic N) is 6. The highest BCUT2D eigenvalue weighted by Crippen LogP contribution is 2.34. The van der Waals surface area contributed by atoms with Crippen LogP contribution in [0.4, 0.5) is 9.18 Å². The summed E-state index contributed by atoms with van der Waals surface area (Å²) < 4.78 is 14.1. The van der Waals surface area contributed by atoms with E-state index in [1.54, 1.807) is 25.2 Å². The second-order valence-electron chi connectivity index (χ2n) is 7.83. The predicted molar refractivity (Wildman–Crippen MR) is 106 cm³/mol. The number of guanidine groups is 1. The van der Waals surface area contributed by atoms with Crippen LogP contribution in [0.1, 0.15) is 12.5 Å². The lowest BCUT2D eigenvalue weighted by atomic mass is 10.1. The van der Waals surface area contributed by atoms with E-state index >= 15 is 0 Å². The normalized spacial score (nSPS) is 23.7. The molecule has 0 saturated carbocycles. The molecular weight excluding hydrogens is 375 g/mol. The maximum Gasteiger partial charge on any atom is 0.328 e. The Morgan fingerprint density at radius 1 is 1.17 bits per heavy atom. The van der Waals surface area contributed by atoms with E-state index in [0.717, 1.165) is 23.7 Å². The molecule has 1 aromatic rings. The zero-order valence-corrected chi connectivity index (χ0v) is 17.0. The first-order valence-electron chi connectivity index (χ1n) is 9.58. The van der Waals surface area contributed by atoms with Gasteiger partial charge in [-0.05, 0) is 27.1 Å². The number of carbonyl (C=O) groups excluding carboxylic acids is 2. The highest BCUT2D eigenvalue weighted by atomic mass is 19.1. The molecule has 154 valence electrons. The molecule has 1 fully saturated rings. The number of urea groups is 1. The van der Waals surface area contributed by atoms with Crippen molar-refractivity contribution in [2.45, 2.75) is 25.7 Å². The van der Waals surface area contributed by atoms with Crippen LogP contribution in [-0.4, -0.2) is 88.8 Å². The van der Waals surface area contributed by atoms with Gasteiger partial charge in [-0.25, -0.2) is 14.2 Å². The number of benzene rings is 1. The number of likely N-dealkylation sites (N-methyl/N-ethyl adjacent to an activating group) is 2. The number of aliphatic imine (C=N–C) groups is 1. The fourth-order valence-electron chi connectivity index (χ4n) is 3.92. The SMILES string of the molecule is CC1=CN2C(=NC3C2C(=O)N(Cc2ccccc2F)C(=O)N3C)N1CCN(C)C. The van der Waals surface area contributed by atoms with Crippen LogP contribution in [0, 0.1) is 5.82 Å². The number of rotatable bonds is 5. The number of hydrogen-bond acceptors (Lipinski definition) is 6. The van der Waals surface area contributed by atoms with Gasteiger partial charge in [0.2, 0.25) is 5.96 Å². The molecule has 0 aromatic heterocycles. The van der Waals surface area contributed by atoms with Gasteiger partial charge >= 0.3 is 6.03 Å². The van der Waals surface area contributed by atoms with Gasteiger partial charge in [-0.3, -0.25) is 9.69 Å². The molecule has 8 nitrogen and oxygen atoms in total. The molecule has 2 unspecified atom stereocenters. The van der Waals surface area contributed by atoms with Crippen molar-refractivity contribution in [1.29, 1.82) is 0 Å². The van der Waals surface area contributed by atoms with Crippen molar-refractivity contribution in [2.75, 3.05) is 34.2 Å². The third-order valence-corrected chi connectivity index (χ3v) is 5.56. The number of carbonyl (C=O) groups is 2. The Hall–Kier alpha value is -2.94. The van der Waals surface area contributed by atoms with E-state index in [4.69, 9.17) is 4.99 Å². The molecule has 0 N–H and O–H groups in total. The van der Waals surface area contributed by atoms with Crippen LogP contribution < -0.4 is 0 Å². The average Bonchev–Trinajstić information content (AvgIpc) is 3.18. The largest absolute Gasteiger partial charge is 0.328 e. The van der Waals surface area contributed by atoms with Crippen LogP contribution in [-0.2, 0) is 11.3 Å². The first-order chi connectivity index (χ1) is 13.8. The minimum Gasteiger partial charge on any atom is -0.313 e. The summed E-state index contributed by atoms with van der Waals surface area (Å²) in [5.41, 5.74) is 1.30. The summed E-state index contributed by atoms with van der Waals surface area (Å²) in [6.07, 6.45) is 1.31. The molecule has 0 bridgehead atoms. The lowest BCUT2D eigenvalue weighted by molar-refractivity contribution is -0.137. The summed E-state index contributed by atoms with van der Waals surface area (Å²) in [4.78, 5) is 39.4. The van der Waals surface area contributed by atoms with Crippen molar-refractivity contribution in [3.05, 3.63) is 47.5 Å². The molecular formula is C20H25FN6O2. The summed E-state index contributed by atoms with van der Waals surface area (Å²) in [6.45, 7) is 3.43. The van der Waals surface area contributed by atoms with E-state index in [2.05, 4.69) is 9.80 Å². The standard InChI is InChI=1S/C20H25FN6O2/c1-13-11-26-16-17(22-19(26)25(13)10-9-23(2)3)24(4)20(29)27(18(16)28)12-14-7-5-6-8-15(14)21/h5-8,11,16-17H,9-10,12H2,1-4H3. The first-order valence-corrected chi connectivity index (χ1v) is 9.58. The highest BCUT2D eigenvalue weighted by molar-refractivity contribution is 6.04.